The lowest BCUT2D eigenvalue weighted by Crippen LogP contribution is -2.35. The second kappa shape index (κ2) is 6.29. The van der Waals surface area contributed by atoms with E-state index in [0.717, 1.165) is 23.4 Å². The van der Waals surface area contributed by atoms with E-state index in [1.54, 1.807) is 7.11 Å². The number of nitrogens with zero attached hydrogens (tertiary/aromatic N) is 1. The van der Waals surface area contributed by atoms with Crippen LogP contribution in [-0.4, -0.2) is 19.1 Å². The van der Waals surface area contributed by atoms with Gasteiger partial charge in [0.1, 0.15) is 5.75 Å². The van der Waals surface area contributed by atoms with Crippen molar-refractivity contribution in [3.63, 3.8) is 0 Å². The first-order chi connectivity index (χ1) is 11.2. The quantitative estimate of drug-likeness (QED) is 0.799. The van der Waals surface area contributed by atoms with Crippen LogP contribution < -0.4 is 9.64 Å². The second-order valence-corrected chi connectivity index (χ2v) is 5.88. The molecular formula is C20H21NO2. The van der Waals surface area contributed by atoms with Crippen LogP contribution in [0.1, 0.15) is 28.4 Å². The number of amides is 1. The number of hydrogen-bond acceptors (Lipinski definition) is 2. The van der Waals surface area contributed by atoms with Crippen LogP contribution in [0.2, 0.25) is 0 Å². The maximum Gasteiger partial charge on any atom is 0.258 e. The average molecular weight is 307 g/mol. The molecule has 1 atom stereocenters. The molecule has 118 valence electrons. The fourth-order valence-corrected chi connectivity index (χ4v) is 3.24. The van der Waals surface area contributed by atoms with Crippen LogP contribution in [0.25, 0.3) is 0 Å². The Balaban J connectivity index is 1.97. The molecule has 3 rings (SSSR count). The highest BCUT2D eigenvalue weighted by molar-refractivity contribution is 6.08. The number of anilines is 1. The maximum absolute atomic E-state index is 13.0. The van der Waals surface area contributed by atoms with E-state index in [9.17, 15) is 4.79 Å². The standard InChI is InChI=1S/C20H21NO2/c1-4-7-16-13-17(10-11-19(16)23-3)20(22)21-14(2)12-15-8-5-6-9-18(15)21/h4-6,8-11,13-14H,1,7,12H2,2-3H3/t14-/m1/s1. The van der Waals surface area contributed by atoms with Gasteiger partial charge in [0, 0.05) is 17.3 Å². The Kier molecular flexibility index (Phi) is 4.20. The highest BCUT2D eigenvalue weighted by Crippen LogP contribution is 2.33. The summed E-state index contributed by atoms with van der Waals surface area (Å²) in [6, 6.07) is 13.9. The molecule has 1 aliphatic heterocycles. The summed E-state index contributed by atoms with van der Waals surface area (Å²) in [5, 5.41) is 0. The van der Waals surface area contributed by atoms with E-state index in [2.05, 4.69) is 19.6 Å². The minimum atomic E-state index is 0.0374. The Morgan fingerprint density at radius 3 is 2.87 bits per heavy atom. The lowest BCUT2D eigenvalue weighted by molar-refractivity contribution is 0.0981. The predicted molar refractivity (Wildman–Crippen MR) is 93.3 cm³/mol. The van der Waals surface area contributed by atoms with Gasteiger partial charge in [-0.3, -0.25) is 4.79 Å². The van der Waals surface area contributed by atoms with Crippen molar-refractivity contribution in [3.8, 4) is 5.75 Å². The summed E-state index contributed by atoms with van der Waals surface area (Å²) in [4.78, 5) is 14.9. The zero-order chi connectivity index (χ0) is 16.4. The summed E-state index contributed by atoms with van der Waals surface area (Å²) < 4.78 is 5.36. The second-order valence-electron chi connectivity index (χ2n) is 5.88. The first-order valence-electron chi connectivity index (χ1n) is 7.85. The summed E-state index contributed by atoms with van der Waals surface area (Å²) >= 11 is 0. The Morgan fingerprint density at radius 1 is 1.35 bits per heavy atom. The molecule has 0 aliphatic carbocycles. The number of carbonyl (C=O) groups excluding carboxylic acids is 1. The smallest absolute Gasteiger partial charge is 0.258 e. The highest BCUT2D eigenvalue weighted by atomic mass is 16.5. The number of rotatable bonds is 4. The first-order valence-corrected chi connectivity index (χ1v) is 7.85. The van der Waals surface area contributed by atoms with E-state index in [1.807, 2.05) is 47.4 Å². The van der Waals surface area contributed by atoms with Crippen molar-refractivity contribution in [3.05, 3.63) is 71.8 Å². The molecule has 0 aromatic heterocycles. The van der Waals surface area contributed by atoms with Crippen LogP contribution in [0.15, 0.2) is 55.1 Å². The van der Waals surface area contributed by atoms with Gasteiger partial charge in [-0.05, 0) is 55.2 Å². The topological polar surface area (TPSA) is 29.5 Å². The molecule has 3 heteroatoms. The Hall–Kier alpha value is -2.55. The van der Waals surface area contributed by atoms with Crippen LogP contribution >= 0.6 is 0 Å². The van der Waals surface area contributed by atoms with Gasteiger partial charge in [0.25, 0.3) is 5.91 Å². The molecule has 0 saturated carbocycles. The van der Waals surface area contributed by atoms with E-state index >= 15 is 0 Å². The normalized spacial score (nSPS) is 16.1. The van der Waals surface area contributed by atoms with Crippen LogP contribution in [0.4, 0.5) is 5.69 Å². The number of methoxy groups -OCH3 is 1. The molecular weight excluding hydrogens is 286 g/mol. The third-order valence-electron chi connectivity index (χ3n) is 4.32. The lowest BCUT2D eigenvalue weighted by atomic mass is 10.1. The molecule has 0 radical (unpaired) electrons. The molecule has 0 unspecified atom stereocenters. The number of allylic oxidation sites excluding steroid dienone is 1. The molecule has 3 nitrogen and oxygen atoms in total. The van der Waals surface area contributed by atoms with E-state index in [0.29, 0.717) is 12.0 Å². The molecule has 1 amide bonds. The van der Waals surface area contributed by atoms with E-state index in [1.165, 1.54) is 5.56 Å². The number of hydrogen-bond donors (Lipinski definition) is 0. The van der Waals surface area contributed by atoms with Gasteiger partial charge >= 0.3 is 0 Å². The van der Waals surface area contributed by atoms with Gasteiger partial charge in [0.2, 0.25) is 0 Å². The number of carbonyl (C=O) groups is 1. The molecule has 2 aromatic carbocycles. The highest BCUT2D eigenvalue weighted by Gasteiger charge is 2.31. The molecule has 0 saturated heterocycles. The lowest BCUT2D eigenvalue weighted by Gasteiger charge is -2.23. The summed E-state index contributed by atoms with van der Waals surface area (Å²) in [5.74, 6) is 0.826. The van der Waals surface area contributed by atoms with Gasteiger partial charge in [-0.25, -0.2) is 0 Å². The maximum atomic E-state index is 13.0. The summed E-state index contributed by atoms with van der Waals surface area (Å²) in [7, 11) is 1.64. The fourth-order valence-electron chi connectivity index (χ4n) is 3.24. The van der Waals surface area contributed by atoms with Crippen molar-refractivity contribution in [1.82, 2.24) is 0 Å². The largest absolute Gasteiger partial charge is 0.496 e. The molecule has 0 bridgehead atoms. The van der Waals surface area contributed by atoms with E-state index in [4.69, 9.17) is 4.74 Å². The van der Waals surface area contributed by atoms with Gasteiger partial charge in [-0.15, -0.1) is 6.58 Å². The molecule has 0 fully saturated rings. The van der Waals surface area contributed by atoms with Crippen LogP contribution in [-0.2, 0) is 12.8 Å². The van der Waals surface area contributed by atoms with Gasteiger partial charge in [0.15, 0.2) is 0 Å². The summed E-state index contributed by atoms with van der Waals surface area (Å²) in [6.07, 6.45) is 3.40. The van der Waals surface area contributed by atoms with Crippen molar-refractivity contribution in [1.29, 1.82) is 0 Å². The van der Waals surface area contributed by atoms with Crippen molar-refractivity contribution >= 4 is 11.6 Å². The fraction of sp³-hybridized carbons (Fsp3) is 0.250. The van der Waals surface area contributed by atoms with Gasteiger partial charge in [-0.1, -0.05) is 24.3 Å². The zero-order valence-electron chi connectivity index (χ0n) is 13.6. The van der Waals surface area contributed by atoms with Crippen molar-refractivity contribution in [2.75, 3.05) is 12.0 Å². The molecule has 23 heavy (non-hydrogen) atoms. The van der Waals surface area contributed by atoms with Gasteiger partial charge in [0.05, 0.1) is 7.11 Å². The Bertz CT molecular complexity index is 751. The van der Waals surface area contributed by atoms with Gasteiger partial charge in [-0.2, -0.15) is 0 Å². The molecule has 1 aliphatic rings. The number of benzene rings is 2. The summed E-state index contributed by atoms with van der Waals surface area (Å²) in [5.41, 5.74) is 3.92. The Morgan fingerprint density at radius 2 is 2.13 bits per heavy atom. The van der Waals surface area contributed by atoms with Crippen molar-refractivity contribution in [2.45, 2.75) is 25.8 Å². The number of fused-ring (bicyclic) bond motifs is 1. The van der Waals surface area contributed by atoms with Crippen LogP contribution in [0.5, 0.6) is 5.75 Å². The van der Waals surface area contributed by atoms with Gasteiger partial charge < -0.3 is 9.64 Å². The molecule has 0 N–H and O–H groups in total. The third kappa shape index (κ3) is 2.74. The third-order valence-corrected chi connectivity index (χ3v) is 4.32. The van der Waals surface area contributed by atoms with E-state index < -0.39 is 0 Å². The first kappa shape index (κ1) is 15.3. The van der Waals surface area contributed by atoms with Crippen LogP contribution in [0.3, 0.4) is 0 Å². The molecule has 1 heterocycles. The zero-order valence-corrected chi connectivity index (χ0v) is 13.6. The van der Waals surface area contributed by atoms with Crippen molar-refractivity contribution < 1.29 is 9.53 Å². The minimum absolute atomic E-state index is 0.0374. The number of para-hydroxylation sites is 1. The average Bonchev–Trinajstić information content (AvgIpc) is 2.90. The monoisotopic (exact) mass is 307 g/mol. The molecule has 2 aromatic rings. The molecule has 0 spiro atoms. The SMILES string of the molecule is C=CCc1cc(C(=O)N2c3ccccc3C[C@H]2C)ccc1OC. The van der Waals surface area contributed by atoms with Crippen molar-refractivity contribution in [2.24, 2.45) is 0 Å². The Labute approximate surface area is 137 Å². The predicted octanol–water partition coefficient (Wildman–Crippen LogP) is 4.02. The van der Waals surface area contributed by atoms with E-state index in [-0.39, 0.29) is 11.9 Å². The van der Waals surface area contributed by atoms with Crippen LogP contribution in [0, 0.1) is 0 Å². The number of ether oxygens (including phenoxy) is 1. The summed E-state index contributed by atoms with van der Waals surface area (Å²) in [6.45, 7) is 5.86. The minimum Gasteiger partial charge on any atom is -0.496 e.